The Morgan fingerprint density at radius 1 is 1.29 bits per heavy atom. The Bertz CT molecular complexity index is 649. The number of nitrogens with one attached hydrogen (secondary N) is 2. The molecule has 1 saturated heterocycles. The number of sulfonamides is 1. The Hall–Kier alpha value is -1.02. The maximum Gasteiger partial charge on any atom is 0.244 e. The second-order valence-corrected chi connectivity index (χ2v) is 8.20. The van der Waals surface area contributed by atoms with E-state index in [1.807, 2.05) is 0 Å². The van der Waals surface area contributed by atoms with Crippen molar-refractivity contribution in [2.45, 2.75) is 37.6 Å². The fourth-order valence-electron chi connectivity index (χ4n) is 2.88. The summed E-state index contributed by atoms with van der Waals surface area (Å²) in [6.07, 6.45) is 2.19. The van der Waals surface area contributed by atoms with Crippen molar-refractivity contribution in [3.8, 4) is 11.5 Å². The normalized spacial score (nSPS) is 20.1. The van der Waals surface area contributed by atoms with Gasteiger partial charge in [-0.1, -0.05) is 13.8 Å². The molecule has 1 aromatic rings. The number of ether oxygens (including phenoxy) is 2. The van der Waals surface area contributed by atoms with E-state index in [-0.39, 0.29) is 28.8 Å². The number of halogens is 1. The van der Waals surface area contributed by atoms with Gasteiger partial charge in [-0.2, -0.15) is 0 Å². The zero-order valence-corrected chi connectivity index (χ0v) is 16.2. The largest absolute Gasteiger partial charge is 0.497 e. The van der Waals surface area contributed by atoms with Crippen LogP contribution >= 0.6 is 12.4 Å². The Kier molecular flexibility index (Phi) is 7.34. The summed E-state index contributed by atoms with van der Waals surface area (Å²) in [7, 11) is -0.729. The molecule has 0 aliphatic carbocycles. The van der Waals surface area contributed by atoms with Crippen molar-refractivity contribution in [1.29, 1.82) is 0 Å². The summed E-state index contributed by atoms with van der Waals surface area (Å²) in [4.78, 5) is 0.0907. The molecule has 24 heavy (non-hydrogen) atoms. The van der Waals surface area contributed by atoms with Crippen molar-refractivity contribution in [3.63, 3.8) is 0 Å². The molecule has 8 heteroatoms. The predicted octanol–water partition coefficient (Wildman–Crippen LogP) is 2.18. The minimum atomic E-state index is -3.68. The second-order valence-electron chi connectivity index (χ2n) is 6.47. The maximum atomic E-state index is 12.7. The minimum absolute atomic E-state index is 0. The number of hydrogen-bond donors (Lipinski definition) is 2. The van der Waals surface area contributed by atoms with Crippen LogP contribution in [0.2, 0.25) is 0 Å². The van der Waals surface area contributed by atoms with Gasteiger partial charge in [-0.25, -0.2) is 13.1 Å². The van der Waals surface area contributed by atoms with Gasteiger partial charge in [0, 0.05) is 18.7 Å². The molecule has 0 spiro atoms. The molecule has 1 aliphatic heterocycles. The fraction of sp³-hybridized carbons (Fsp3) is 0.625. The van der Waals surface area contributed by atoms with Crippen LogP contribution in [0.15, 0.2) is 23.1 Å². The third-order valence-corrected chi connectivity index (χ3v) is 5.91. The highest BCUT2D eigenvalue weighted by molar-refractivity contribution is 7.89. The molecule has 0 amide bonds. The van der Waals surface area contributed by atoms with E-state index in [0.29, 0.717) is 18.0 Å². The Morgan fingerprint density at radius 2 is 2.00 bits per heavy atom. The lowest BCUT2D eigenvalue weighted by atomic mass is 9.78. The summed E-state index contributed by atoms with van der Waals surface area (Å²) in [5.41, 5.74) is 0.0548. The third kappa shape index (κ3) is 4.75. The van der Waals surface area contributed by atoms with E-state index in [9.17, 15) is 8.42 Å². The van der Waals surface area contributed by atoms with Crippen molar-refractivity contribution in [3.05, 3.63) is 18.2 Å². The minimum Gasteiger partial charge on any atom is -0.497 e. The van der Waals surface area contributed by atoms with Crippen LogP contribution in [-0.4, -0.2) is 41.8 Å². The maximum absolute atomic E-state index is 12.7. The van der Waals surface area contributed by atoms with Gasteiger partial charge < -0.3 is 14.8 Å². The van der Waals surface area contributed by atoms with E-state index in [1.165, 1.54) is 20.3 Å². The molecule has 1 heterocycles. The van der Waals surface area contributed by atoms with Crippen molar-refractivity contribution >= 4 is 22.4 Å². The van der Waals surface area contributed by atoms with Crippen LogP contribution in [-0.2, 0) is 10.0 Å². The van der Waals surface area contributed by atoms with Crippen LogP contribution < -0.4 is 19.5 Å². The zero-order chi connectivity index (χ0) is 17.1. The van der Waals surface area contributed by atoms with Gasteiger partial charge >= 0.3 is 0 Å². The SMILES string of the molecule is COc1ccc(OC)c(S(=O)(=O)NCC2NCCCC2(C)C)c1.Cl. The Balaban J connectivity index is 0.00000288. The predicted molar refractivity (Wildman–Crippen MR) is 96.8 cm³/mol. The molecular formula is C16H27ClN2O4S. The molecule has 1 aliphatic rings. The average molecular weight is 379 g/mol. The molecule has 1 unspecified atom stereocenters. The first-order valence-electron chi connectivity index (χ1n) is 7.75. The van der Waals surface area contributed by atoms with E-state index in [4.69, 9.17) is 9.47 Å². The highest BCUT2D eigenvalue weighted by Gasteiger charge is 2.33. The van der Waals surface area contributed by atoms with Crippen LogP contribution in [0.4, 0.5) is 0 Å². The summed E-state index contributed by atoms with van der Waals surface area (Å²) in [6.45, 7) is 5.57. The Labute approximate surface area is 150 Å². The standard InChI is InChI=1S/C16H26N2O4S.ClH/c1-16(2)8-5-9-17-15(16)11-18-23(19,20)14-10-12(21-3)6-7-13(14)22-4;/h6-7,10,15,17-18H,5,8-9,11H2,1-4H3;1H. The summed E-state index contributed by atoms with van der Waals surface area (Å²) >= 11 is 0. The monoisotopic (exact) mass is 378 g/mol. The summed E-state index contributed by atoms with van der Waals surface area (Å²) in [6, 6.07) is 4.84. The molecule has 2 rings (SSSR count). The molecule has 1 fully saturated rings. The number of benzene rings is 1. The van der Waals surface area contributed by atoms with Gasteiger partial charge in [-0.05, 0) is 36.9 Å². The zero-order valence-electron chi connectivity index (χ0n) is 14.6. The van der Waals surface area contributed by atoms with E-state index < -0.39 is 10.0 Å². The first kappa shape index (κ1) is 21.0. The molecule has 0 saturated carbocycles. The first-order chi connectivity index (χ1) is 10.8. The van der Waals surface area contributed by atoms with Crippen molar-refractivity contribution < 1.29 is 17.9 Å². The van der Waals surface area contributed by atoms with E-state index in [1.54, 1.807) is 12.1 Å². The van der Waals surface area contributed by atoms with Gasteiger partial charge in [-0.3, -0.25) is 0 Å². The molecule has 6 nitrogen and oxygen atoms in total. The van der Waals surface area contributed by atoms with Crippen molar-refractivity contribution in [2.24, 2.45) is 5.41 Å². The topological polar surface area (TPSA) is 76.7 Å². The number of methoxy groups -OCH3 is 2. The van der Waals surface area contributed by atoms with Crippen LogP contribution in [0.3, 0.4) is 0 Å². The fourth-order valence-corrected chi connectivity index (χ4v) is 4.11. The lowest BCUT2D eigenvalue weighted by Crippen LogP contribution is -2.52. The smallest absolute Gasteiger partial charge is 0.244 e. The van der Waals surface area contributed by atoms with Gasteiger partial charge in [0.25, 0.3) is 0 Å². The van der Waals surface area contributed by atoms with Gasteiger partial charge in [0.15, 0.2) is 0 Å². The number of hydrogen-bond acceptors (Lipinski definition) is 5. The molecular weight excluding hydrogens is 352 g/mol. The van der Waals surface area contributed by atoms with E-state index in [0.717, 1.165) is 19.4 Å². The lowest BCUT2D eigenvalue weighted by molar-refractivity contribution is 0.181. The Morgan fingerprint density at radius 3 is 2.58 bits per heavy atom. The molecule has 0 bridgehead atoms. The van der Waals surface area contributed by atoms with E-state index in [2.05, 4.69) is 23.9 Å². The highest BCUT2D eigenvalue weighted by atomic mass is 35.5. The van der Waals surface area contributed by atoms with Gasteiger partial charge in [-0.15, -0.1) is 12.4 Å². The molecule has 2 N–H and O–H groups in total. The summed E-state index contributed by atoms with van der Waals surface area (Å²) in [5, 5.41) is 3.40. The molecule has 138 valence electrons. The molecule has 1 aromatic carbocycles. The highest BCUT2D eigenvalue weighted by Crippen LogP contribution is 2.31. The quantitative estimate of drug-likeness (QED) is 0.793. The molecule has 0 radical (unpaired) electrons. The van der Waals surface area contributed by atoms with Crippen LogP contribution in [0.25, 0.3) is 0 Å². The first-order valence-corrected chi connectivity index (χ1v) is 9.23. The van der Waals surface area contributed by atoms with Crippen LogP contribution in [0.1, 0.15) is 26.7 Å². The number of piperidine rings is 1. The van der Waals surface area contributed by atoms with Gasteiger partial charge in [0.2, 0.25) is 10.0 Å². The van der Waals surface area contributed by atoms with Crippen molar-refractivity contribution in [2.75, 3.05) is 27.3 Å². The van der Waals surface area contributed by atoms with Crippen molar-refractivity contribution in [1.82, 2.24) is 10.0 Å². The van der Waals surface area contributed by atoms with Crippen LogP contribution in [0.5, 0.6) is 11.5 Å². The summed E-state index contributed by atoms with van der Waals surface area (Å²) in [5.74, 6) is 0.774. The second kappa shape index (κ2) is 8.38. The number of rotatable bonds is 6. The molecule has 1 atom stereocenters. The average Bonchev–Trinajstić information content (AvgIpc) is 2.52. The summed E-state index contributed by atoms with van der Waals surface area (Å²) < 4.78 is 38.3. The van der Waals surface area contributed by atoms with E-state index >= 15 is 0 Å². The molecule has 0 aromatic heterocycles. The third-order valence-electron chi connectivity index (χ3n) is 4.47. The lowest BCUT2D eigenvalue weighted by Gasteiger charge is -2.39. The van der Waals surface area contributed by atoms with Gasteiger partial charge in [0.1, 0.15) is 16.4 Å². The van der Waals surface area contributed by atoms with Gasteiger partial charge in [0.05, 0.1) is 14.2 Å². The van der Waals surface area contributed by atoms with Crippen LogP contribution in [0, 0.1) is 5.41 Å².